The highest BCUT2D eigenvalue weighted by Crippen LogP contribution is 2.29. The number of carbonyl (C=O) groups excluding carboxylic acids is 1. The van der Waals surface area contributed by atoms with E-state index in [1.54, 1.807) is 26.0 Å². The number of carbonyl (C=O) groups is 1. The topological polar surface area (TPSA) is 133 Å². The van der Waals surface area contributed by atoms with Crippen LogP contribution in [0.15, 0.2) is 34.3 Å². The first-order valence-electron chi connectivity index (χ1n) is 8.37. The number of hydrogen-bond donors (Lipinski definition) is 1. The van der Waals surface area contributed by atoms with E-state index in [0.717, 1.165) is 5.56 Å². The molecule has 1 aromatic carbocycles. The van der Waals surface area contributed by atoms with Crippen LogP contribution in [-0.4, -0.2) is 37.0 Å². The van der Waals surface area contributed by atoms with E-state index in [-0.39, 0.29) is 18.8 Å². The number of nitrogens with zero attached hydrogens (tertiary/aromatic N) is 4. The summed E-state index contributed by atoms with van der Waals surface area (Å²) in [4.78, 5) is 45.1. The summed E-state index contributed by atoms with van der Waals surface area (Å²) in [7, 11) is 0. The molecule has 0 amide bonds. The van der Waals surface area contributed by atoms with Crippen LogP contribution >= 0.6 is 11.8 Å². The number of aromatic amines is 1. The first-order valence-corrected chi connectivity index (χ1v) is 9.35. The van der Waals surface area contributed by atoms with Crippen molar-refractivity contribution in [3.63, 3.8) is 0 Å². The standard InChI is InChI=1S/C17H17N5O5S/c1-3-27-13(23)7-21-9-18-14-15(21)19-17(24)20-16(14)28-8-11-5-4-6-12(10(11)2)22(25)26/h4-6,9H,3,7-8H2,1-2H3,(H,19,20,24). The van der Waals surface area contributed by atoms with E-state index in [2.05, 4.69) is 15.0 Å². The van der Waals surface area contributed by atoms with Crippen LogP contribution in [0.2, 0.25) is 0 Å². The third-order valence-electron chi connectivity index (χ3n) is 4.05. The third kappa shape index (κ3) is 4.03. The Morgan fingerprint density at radius 2 is 2.21 bits per heavy atom. The van der Waals surface area contributed by atoms with Crippen molar-refractivity contribution < 1.29 is 14.5 Å². The highest BCUT2D eigenvalue weighted by molar-refractivity contribution is 7.98. The number of H-pyrrole nitrogens is 1. The van der Waals surface area contributed by atoms with Crippen molar-refractivity contribution in [2.45, 2.75) is 31.2 Å². The number of hydrogen-bond acceptors (Lipinski definition) is 8. The molecule has 0 saturated carbocycles. The van der Waals surface area contributed by atoms with Crippen LogP contribution < -0.4 is 5.69 Å². The van der Waals surface area contributed by atoms with Gasteiger partial charge in [0, 0.05) is 17.4 Å². The molecule has 0 radical (unpaired) electrons. The monoisotopic (exact) mass is 403 g/mol. The Bertz CT molecular complexity index is 1110. The van der Waals surface area contributed by atoms with Crippen molar-refractivity contribution in [1.82, 2.24) is 19.5 Å². The largest absolute Gasteiger partial charge is 0.465 e. The van der Waals surface area contributed by atoms with Gasteiger partial charge < -0.3 is 9.30 Å². The zero-order chi connectivity index (χ0) is 20.3. The number of esters is 1. The molecule has 11 heteroatoms. The summed E-state index contributed by atoms with van der Waals surface area (Å²) in [5, 5.41) is 11.5. The molecule has 0 aliphatic carbocycles. The van der Waals surface area contributed by atoms with Crippen molar-refractivity contribution in [3.8, 4) is 0 Å². The van der Waals surface area contributed by atoms with Gasteiger partial charge in [0.1, 0.15) is 22.7 Å². The summed E-state index contributed by atoms with van der Waals surface area (Å²) < 4.78 is 6.40. The Morgan fingerprint density at radius 1 is 1.43 bits per heavy atom. The highest BCUT2D eigenvalue weighted by atomic mass is 32.2. The van der Waals surface area contributed by atoms with E-state index in [1.165, 1.54) is 28.7 Å². The van der Waals surface area contributed by atoms with Gasteiger partial charge in [0.15, 0.2) is 0 Å². The molecule has 0 fully saturated rings. The van der Waals surface area contributed by atoms with Crippen LogP contribution in [0.5, 0.6) is 0 Å². The fraction of sp³-hybridized carbons (Fsp3) is 0.294. The number of aromatic nitrogens is 4. The number of imidazole rings is 1. The second kappa shape index (κ2) is 8.21. The van der Waals surface area contributed by atoms with Crippen LogP contribution in [0.1, 0.15) is 18.1 Å². The van der Waals surface area contributed by atoms with Gasteiger partial charge in [-0.3, -0.25) is 19.9 Å². The predicted molar refractivity (Wildman–Crippen MR) is 102 cm³/mol. The number of thioether (sulfide) groups is 1. The molecular weight excluding hydrogens is 386 g/mol. The van der Waals surface area contributed by atoms with Gasteiger partial charge in [-0.05, 0) is 19.4 Å². The smallest absolute Gasteiger partial charge is 0.347 e. The Labute approximate surface area is 163 Å². The van der Waals surface area contributed by atoms with Crippen molar-refractivity contribution in [2.24, 2.45) is 0 Å². The summed E-state index contributed by atoms with van der Waals surface area (Å²) >= 11 is 1.25. The van der Waals surface area contributed by atoms with E-state index >= 15 is 0 Å². The lowest BCUT2D eigenvalue weighted by Crippen LogP contribution is -2.16. The van der Waals surface area contributed by atoms with E-state index in [9.17, 15) is 19.7 Å². The lowest BCUT2D eigenvalue weighted by atomic mass is 10.1. The Kier molecular flexibility index (Phi) is 5.73. The summed E-state index contributed by atoms with van der Waals surface area (Å²) in [6, 6.07) is 4.86. The third-order valence-corrected chi connectivity index (χ3v) is 5.07. The minimum Gasteiger partial charge on any atom is -0.465 e. The minimum absolute atomic E-state index is 0.0424. The van der Waals surface area contributed by atoms with E-state index < -0.39 is 16.6 Å². The second-order valence-electron chi connectivity index (χ2n) is 5.83. The Hall–Kier alpha value is -3.21. The molecular formula is C17H17N5O5S. The lowest BCUT2D eigenvalue weighted by molar-refractivity contribution is -0.385. The number of nitrogens with one attached hydrogen (secondary N) is 1. The van der Waals surface area contributed by atoms with Crippen LogP contribution in [0.25, 0.3) is 11.2 Å². The Balaban J connectivity index is 1.89. The summed E-state index contributed by atoms with van der Waals surface area (Å²) in [6.07, 6.45) is 1.43. The zero-order valence-electron chi connectivity index (χ0n) is 15.2. The zero-order valence-corrected chi connectivity index (χ0v) is 16.0. The fourth-order valence-electron chi connectivity index (χ4n) is 2.68. The number of benzene rings is 1. The molecule has 3 aromatic rings. The molecule has 0 spiro atoms. The van der Waals surface area contributed by atoms with Crippen molar-refractivity contribution in [3.05, 3.63) is 56.3 Å². The maximum Gasteiger partial charge on any atom is 0.347 e. The minimum atomic E-state index is -0.573. The molecule has 3 rings (SSSR count). The summed E-state index contributed by atoms with van der Waals surface area (Å²) in [6.45, 7) is 3.56. The Morgan fingerprint density at radius 3 is 2.93 bits per heavy atom. The maximum absolute atomic E-state index is 12.0. The average Bonchev–Trinajstić information content (AvgIpc) is 3.03. The van der Waals surface area contributed by atoms with Crippen molar-refractivity contribution in [2.75, 3.05) is 6.61 Å². The first-order chi connectivity index (χ1) is 13.4. The van der Waals surface area contributed by atoms with Crippen molar-refractivity contribution in [1.29, 1.82) is 0 Å². The molecule has 0 saturated heterocycles. The number of nitro benzene ring substituents is 1. The number of rotatable bonds is 7. The van der Waals surface area contributed by atoms with Gasteiger partial charge in [0.25, 0.3) is 5.69 Å². The van der Waals surface area contributed by atoms with Crippen LogP contribution in [0, 0.1) is 17.0 Å². The number of fused-ring (bicyclic) bond motifs is 1. The molecule has 0 aliphatic rings. The van der Waals surface area contributed by atoms with Gasteiger partial charge in [0.05, 0.1) is 17.9 Å². The molecule has 28 heavy (non-hydrogen) atoms. The molecule has 2 heterocycles. The first kappa shape index (κ1) is 19.5. The molecule has 0 atom stereocenters. The van der Waals surface area contributed by atoms with E-state index in [1.807, 2.05) is 0 Å². The van der Waals surface area contributed by atoms with Crippen LogP contribution in [-0.2, 0) is 21.8 Å². The van der Waals surface area contributed by atoms with E-state index in [4.69, 9.17) is 4.74 Å². The fourth-order valence-corrected chi connectivity index (χ4v) is 3.72. The molecule has 0 unspecified atom stereocenters. The predicted octanol–water partition coefficient (Wildman–Crippen LogP) is 2.19. The van der Waals surface area contributed by atoms with Gasteiger partial charge in [-0.25, -0.2) is 9.78 Å². The average molecular weight is 403 g/mol. The van der Waals surface area contributed by atoms with Gasteiger partial charge in [-0.2, -0.15) is 4.98 Å². The number of ether oxygens (including phenoxy) is 1. The molecule has 0 aliphatic heterocycles. The number of nitro groups is 1. The SMILES string of the molecule is CCOC(=O)Cn1cnc2c(SCc3cccc([N+](=O)[O-])c3C)nc(=O)[nH]c21. The molecule has 10 nitrogen and oxygen atoms in total. The summed E-state index contributed by atoms with van der Waals surface area (Å²) in [5.41, 5.74) is 1.61. The van der Waals surface area contributed by atoms with Gasteiger partial charge in [-0.15, -0.1) is 0 Å². The summed E-state index contributed by atoms with van der Waals surface area (Å²) in [5.74, 6) is -0.0649. The lowest BCUT2D eigenvalue weighted by Gasteiger charge is -2.07. The van der Waals surface area contributed by atoms with Crippen LogP contribution in [0.4, 0.5) is 5.69 Å². The molecule has 1 N–H and O–H groups in total. The quantitative estimate of drug-likeness (QED) is 0.209. The van der Waals surface area contributed by atoms with Gasteiger partial charge in [0.2, 0.25) is 0 Å². The normalized spacial score (nSPS) is 10.9. The van der Waals surface area contributed by atoms with Crippen molar-refractivity contribution >= 4 is 34.6 Å². The van der Waals surface area contributed by atoms with Crippen LogP contribution in [0.3, 0.4) is 0 Å². The second-order valence-corrected chi connectivity index (χ2v) is 6.79. The van der Waals surface area contributed by atoms with E-state index in [0.29, 0.717) is 27.5 Å². The highest BCUT2D eigenvalue weighted by Gasteiger charge is 2.17. The van der Waals surface area contributed by atoms with Gasteiger partial charge in [-0.1, -0.05) is 23.9 Å². The maximum atomic E-state index is 12.0. The molecule has 146 valence electrons. The molecule has 0 bridgehead atoms. The van der Waals surface area contributed by atoms with Gasteiger partial charge >= 0.3 is 11.7 Å². The molecule has 2 aromatic heterocycles.